The van der Waals surface area contributed by atoms with Crippen LogP contribution in [0.2, 0.25) is 5.02 Å². The number of thiophene rings is 1. The summed E-state index contributed by atoms with van der Waals surface area (Å²) < 4.78 is 23.7. The smallest absolute Gasteiger partial charge is 0.353 e. The van der Waals surface area contributed by atoms with Crippen LogP contribution in [0.1, 0.15) is 15.2 Å². The van der Waals surface area contributed by atoms with Gasteiger partial charge in [-0.2, -0.15) is 5.10 Å². The SMILES string of the molecule is COc1cc(C=NNC(=O)C(=O)Nc2ccc(F)c(Cl)c2)ccc1OC(=O)c1cccs1. The van der Waals surface area contributed by atoms with Crippen molar-refractivity contribution in [3.05, 3.63) is 75.2 Å². The lowest BCUT2D eigenvalue weighted by molar-refractivity contribution is -0.136. The molecule has 0 fully saturated rings. The molecule has 0 aliphatic heterocycles. The van der Waals surface area contributed by atoms with Gasteiger partial charge in [0, 0.05) is 5.69 Å². The van der Waals surface area contributed by atoms with E-state index in [9.17, 15) is 18.8 Å². The van der Waals surface area contributed by atoms with Crippen LogP contribution in [0.5, 0.6) is 11.5 Å². The zero-order valence-electron chi connectivity index (χ0n) is 16.4. The third kappa shape index (κ3) is 5.90. The summed E-state index contributed by atoms with van der Waals surface area (Å²) >= 11 is 6.88. The Balaban J connectivity index is 1.59. The molecule has 32 heavy (non-hydrogen) atoms. The molecular formula is C21H15ClFN3O5S. The Morgan fingerprint density at radius 3 is 2.59 bits per heavy atom. The summed E-state index contributed by atoms with van der Waals surface area (Å²) in [5.74, 6) is -2.74. The first-order chi connectivity index (χ1) is 15.4. The predicted octanol–water partition coefficient (Wildman–Crippen LogP) is 3.86. The molecule has 0 bridgehead atoms. The highest BCUT2D eigenvalue weighted by Gasteiger charge is 2.15. The van der Waals surface area contributed by atoms with Crippen LogP contribution in [0, 0.1) is 5.82 Å². The van der Waals surface area contributed by atoms with E-state index in [-0.39, 0.29) is 22.2 Å². The summed E-state index contributed by atoms with van der Waals surface area (Å²) in [6.07, 6.45) is 1.27. The van der Waals surface area contributed by atoms with Gasteiger partial charge in [0.2, 0.25) is 0 Å². The number of nitrogens with zero attached hydrogens (tertiary/aromatic N) is 1. The number of nitrogens with one attached hydrogen (secondary N) is 2. The molecule has 0 saturated carbocycles. The molecule has 1 aromatic heterocycles. The lowest BCUT2D eigenvalue weighted by Crippen LogP contribution is -2.32. The van der Waals surface area contributed by atoms with Crippen molar-refractivity contribution >= 4 is 52.6 Å². The number of methoxy groups -OCH3 is 1. The summed E-state index contributed by atoms with van der Waals surface area (Å²) in [5.41, 5.74) is 2.72. The van der Waals surface area contributed by atoms with Crippen molar-refractivity contribution in [1.82, 2.24) is 5.43 Å². The van der Waals surface area contributed by atoms with Gasteiger partial charge in [0.15, 0.2) is 11.5 Å². The van der Waals surface area contributed by atoms with Gasteiger partial charge < -0.3 is 14.8 Å². The second-order valence-electron chi connectivity index (χ2n) is 6.06. The normalized spacial score (nSPS) is 10.6. The Bertz CT molecular complexity index is 1180. The van der Waals surface area contributed by atoms with Gasteiger partial charge in [-0.25, -0.2) is 14.6 Å². The van der Waals surface area contributed by atoms with Gasteiger partial charge in [-0.3, -0.25) is 9.59 Å². The lowest BCUT2D eigenvalue weighted by atomic mass is 10.2. The number of esters is 1. The average molecular weight is 476 g/mol. The highest BCUT2D eigenvalue weighted by molar-refractivity contribution is 7.12. The zero-order valence-corrected chi connectivity index (χ0v) is 18.0. The fraction of sp³-hybridized carbons (Fsp3) is 0.0476. The Morgan fingerprint density at radius 1 is 1.09 bits per heavy atom. The lowest BCUT2D eigenvalue weighted by Gasteiger charge is -2.09. The van der Waals surface area contributed by atoms with E-state index in [1.807, 2.05) is 0 Å². The van der Waals surface area contributed by atoms with Crippen LogP contribution in [0.4, 0.5) is 10.1 Å². The Labute approximate surface area is 190 Å². The van der Waals surface area contributed by atoms with E-state index in [4.69, 9.17) is 21.1 Å². The van der Waals surface area contributed by atoms with E-state index >= 15 is 0 Å². The van der Waals surface area contributed by atoms with E-state index < -0.39 is 23.6 Å². The summed E-state index contributed by atoms with van der Waals surface area (Å²) in [6, 6.07) is 11.5. The first kappa shape index (κ1) is 22.9. The quantitative estimate of drug-likeness (QED) is 0.185. The van der Waals surface area contributed by atoms with Crippen molar-refractivity contribution in [2.24, 2.45) is 5.10 Å². The Morgan fingerprint density at radius 2 is 1.91 bits per heavy atom. The van der Waals surface area contributed by atoms with Crippen molar-refractivity contribution in [2.75, 3.05) is 12.4 Å². The van der Waals surface area contributed by atoms with Crippen LogP contribution in [0.3, 0.4) is 0 Å². The number of carbonyl (C=O) groups excluding carboxylic acids is 3. The van der Waals surface area contributed by atoms with Crippen molar-refractivity contribution in [3.8, 4) is 11.5 Å². The molecule has 0 aliphatic carbocycles. The second-order valence-corrected chi connectivity index (χ2v) is 7.41. The predicted molar refractivity (Wildman–Crippen MR) is 118 cm³/mol. The number of rotatable bonds is 6. The Hall–Kier alpha value is -3.76. The standard InChI is InChI=1S/C21H15ClFN3O5S/c1-30-17-9-12(4-7-16(17)31-21(29)18-3-2-8-32-18)11-24-26-20(28)19(27)25-13-5-6-15(23)14(22)10-13/h2-11H,1H3,(H,25,27)(H,26,28). The molecule has 0 saturated heterocycles. The summed E-state index contributed by atoms with van der Waals surface area (Å²) in [6.45, 7) is 0. The molecule has 2 N–H and O–H groups in total. The van der Waals surface area contributed by atoms with Crippen LogP contribution in [0.25, 0.3) is 0 Å². The minimum absolute atomic E-state index is 0.151. The molecule has 0 spiro atoms. The van der Waals surface area contributed by atoms with Crippen LogP contribution in [0.15, 0.2) is 59.0 Å². The van der Waals surface area contributed by atoms with Crippen LogP contribution in [-0.4, -0.2) is 31.1 Å². The van der Waals surface area contributed by atoms with Crippen molar-refractivity contribution in [1.29, 1.82) is 0 Å². The molecule has 0 unspecified atom stereocenters. The van der Waals surface area contributed by atoms with Gasteiger partial charge in [-0.05, 0) is 53.4 Å². The van der Waals surface area contributed by atoms with Gasteiger partial charge >= 0.3 is 17.8 Å². The van der Waals surface area contributed by atoms with Crippen LogP contribution in [-0.2, 0) is 9.59 Å². The van der Waals surface area contributed by atoms with Gasteiger partial charge in [-0.15, -0.1) is 11.3 Å². The number of amides is 2. The highest BCUT2D eigenvalue weighted by Crippen LogP contribution is 2.29. The molecule has 1 heterocycles. The molecule has 0 radical (unpaired) electrons. The summed E-state index contributed by atoms with van der Waals surface area (Å²) in [4.78, 5) is 36.3. The number of hydrazone groups is 1. The number of hydrogen-bond acceptors (Lipinski definition) is 7. The minimum Gasteiger partial charge on any atom is -0.493 e. The first-order valence-electron chi connectivity index (χ1n) is 8.90. The van der Waals surface area contributed by atoms with E-state index in [1.54, 1.807) is 23.6 Å². The molecule has 11 heteroatoms. The molecule has 3 aromatic rings. The van der Waals surface area contributed by atoms with Crippen molar-refractivity contribution in [2.45, 2.75) is 0 Å². The molecule has 0 atom stereocenters. The third-order valence-corrected chi connectivity index (χ3v) is 5.02. The second kappa shape index (κ2) is 10.5. The molecule has 0 aliphatic rings. The number of benzene rings is 2. The van der Waals surface area contributed by atoms with Crippen molar-refractivity contribution in [3.63, 3.8) is 0 Å². The van der Waals surface area contributed by atoms with Gasteiger partial charge in [0.1, 0.15) is 10.7 Å². The number of carbonyl (C=O) groups is 3. The van der Waals surface area contributed by atoms with E-state index in [0.717, 1.165) is 6.07 Å². The van der Waals surface area contributed by atoms with Gasteiger partial charge in [-0.1, -0.05) is 17.7 Å². The van der Waals surface area contributed by atoms with E-state index in [2.05, 4.69) is 15.8 Å². The fourth-order valence-corrected chi connectivity index (χ4v) is 3.15. The molecular weight excluding hydrogens is 461 g/mol. The average Bonchev–Trinajstić information content (AvgIpc) is 3.32. The van der Waals surface area contributed by atoms with Gasteiger partial charge in [0.05, 0.1) is 18.3 Å². The Kier molecular flexibility index (Phi) is 7.53. The molecule has 8 nitrogen and oxygen atoms in total. The maximum Gasteiger partial charge on any atom is 0.353 e. The molecule has 3 rings (SSSR count). The molecule has 2 amide bonds. The highest BCUT2D eigenvalue weighted by atomic mass is 35.5. The molecule has 164 valence electrons. The monoisotopic (exact) mass is 475 g/mol. The van der Waals surface area contributed by atoms with Crippen LogP contribution < -0.4 is 20.2 Å². The topological polar surface area (TPSA) is 106 Å². The van der Waals surface area contributed by atoms with Gasteiger partial charge in [0.25, 0.3) is 0 Å². The largest absolute Gasteiger partial charge is 0.493 e. The fourth-order valence-electron chi connectivity index (χ4n) is 2.37. The minimum atomic E-state index is -1.05. The number of ether oxygens (including phenoxy) is 2. The zero-order chi connectivity index (χ0) is 23.1. The van der Waals surface area contributed by atoms with E-state index in [0.29, 0.717) is 10.4 Å². The molecule has 2 aromatic carbocycles. The number of anilines is 1. The van der Waals surface area contributed by atoms with E-state index in [1.165, 1.54) is 48.9 Å². The third-order valence-electron chi connectivity index (χ3n) is 3.88. The number of hydrogen-bond donors (Lipinski definition) is 2. The van der Waals surface area contributed by atoms with Crippen molar-refractivity contribution < 1.29 is 28.2 Å². The maximum atomic E-state index is 13.2. The number of halogens is 2. The van der Waals surface area contributed by atoms with Crippen LogP contribution >= 0.6 is 22.9 Å². The maximum absolute atomic E-state index is 13.2. The summed E-state index contributed by atoms with van der Waals surface area (Å²) in [7, 11) is 1.41. The summed E-state index contributed by atoms with van der Waals surface area (Å²) in [5, 5.41) is 7.55. The first-order valence-corrected chi connectivity index (χ1v) is 10.2.